The fraction of sp³-hybridized carbons (Fsp3) is 0.727. The molecule has 1 atom stereocenters. The summed E-state index contributed by atoms with van der Waals surface area (Å²) >= 11 is 0. The van der Waals surface area contributed by atoms with E-state index >= 15 is 0 Å². The molecule has 2 heterocycles. The van der Waals surface area contributed by atoms with Gasteiger partial charge in [-0.3, -0.25) is 9.59 Å². The van der Waals surface area contributed by atoms with Crippen molar-refractivity contribution in [2.45, 2.75) is 31.4 Å². The van der Waals surface area contributed by atoms with Crippen molar-refractivity contribution in [2.24, 2.45) is 0 Å². The van der Waals surface area contributed by atoms with Crippen LogP contribution in [0.15, 0.2) is 0 Å². The minimum Gasteiger partial charge on any atom is -0.480 e. The number of aliphatic carboxylic acids is 1. The summed E-state index contributed by atoms with van der Waals surface area (Å²) in [6.07, 6.45) is 0.915. The summed E-state index contributed by atoms with van der Waals surface area (Å²) in [6.45, 7) is 2.14. The molecule has 2 rings (SSSR count). The molecule has 2 saturated heterocycles. The summed E-state index contributed by atoms with van der Waals surface area (Å²) in [5.74, 6) is -1.24. The van der Waals surface area contributed by atoms with Crippen molar-refractivity contribution in [1.29, 1.82) is 0 Å². The van der Waals surface area contributed by atoms with Crippen LogP contribution in [-0.4, -0.2) is 59.1 Å². The molecular weight excluding hydrogens is 240 g/mol. The van der Waals surface area contributed by atoms with Crippen LogP contribution in [0.1, 0.15) is 19.8 Å². The zero-order chi connectivity index (χ0) is 13.3. The largest absolute Gasteiger partial charge is 0.480 e. The van der Waals surface area contributed by atoms with Crippen molar-refractivity contribution in [3.63, 3.8) is 0 Å². The van der Waals surface area contributed by atoms with Crippen LogP contribution in [-0.2, 0) is 19.1 Å². The fourth-order valence-electron chi connectivity index (χ4n) is 2.26. The minimum absolute atomic E-state index is 0.0984. The lowest BCUT2D eigenvalue weighted by Gasteiger charge is -2.47. The van der Waals surface area contributed by atoms with Crippen LogP contribution >= 0.6 is 0 Å². The Morgan fingerprint density at radius 3 is 2.72 bits per heavy atom. The molecule has 100 valence electrons. The van der Waals surface area contributed by atoms with Crippen LogP contribution < -0.4 is 5.32 Å². The van der Waals surface area contributed by atoms with Crippen molar-refractivity contribution in [1.82, 2.24) is 10.2 Å². The molecule has 2 N–H and O–H groups in total. The number of amides is 2. The van der Waals surface area contributed by atoms with Gasteiger partial charge in [-0.2, -0.15) is 0 Å². The smallest absolute Gasteiger partial charge is 0.329 e. The monoisotopic (exact) mass is 256 g/mol. The third kappa shape index (κ3) is 2.61. The summed E-state index contributed by atoms with van der Waals surface area (Å²) in [6, 6.07) is -0.429. The van der Waals surface area contributed by atoms with Crippen LogP contribution in [0.4, 0.5) is 0 Å². The molecule has 2 amide bonds. The zero-order valence-corrected chi connectivity index (χ0v) is 10.1. The maximum atomic E-state index is 11.9. The maximum Gasteiger partial charge on any atom is 0.329 e. The van der Waals surface area contributed by atoms with E-state index in [4.69, 9.17) is 9.84 Å². The van der Waals surface area contributed by atoms with Crippen LogP contribution in [0.2, 0.25) is 0 Å². The van der Waals surface area contributed by atoms with Crippen molar-refractivity contribution < 1.29 is 24.2 Å². The van der Waals surface area contributed by atoms with E-state index < -0.39 is 17.6 Å². The van der Waals surface area contributed by atoms with Gasteiger partial charge in [-0.15, -0.1) is 0 Å². The highest BCUT2D eigenvalue weighted by Crippen LogP contribution is 2.26. The Kier molecular flexibility index (Phi) is 3.25. The van der Waals surface area contributed by atoms with E-state index in [2.05, 4.69) is 5.32 Å². The number of carboxylic acids is 1. The van der Waals surface area contributed by atoms with Crippen molar-refractivity contribution in [2.75, 3.05) is 19.7 Å². The highest BCUT2D eigenvalue weighted by molar-refractivity contribution is 5.91. The van der Waals surface area contributed by atoms with E-state index in [1.165, 1.54) is 0 Å². The third-order valence-electron chi connectivity index (χ3n) is 3.20. The zero-order valence-electron chi connectivity index (χ0n) is 10.1. The van der Waals surface area contributed by atoms with Gasteiger partial charge in [0, 0.05) is 6.42 Å². The maximum absolute atomic E-state index is 11.9. The lowest BCUT2D eigenvalue weighted by molar-refractivity contribution is -0.174. The molecule has 0 aromatic rings. The second-order valence-electron chi connectivity index (χ2n) is 4.99. The number of rotatable bonds is 4. The Morgan fingerprint density at radius 1 is 1.56 bits per heavy atom. The molecule has 0 saturated carbocycles. The molecule has 7 nitrogen and oxygen atoms in total. The standard InChI is InChI=1S/C11H16N2O5/c1-11(18-4-9(15)16)5-13(6-11)10(17)7-2-3-8(14)12-7/h7H,2-6H2,1H3,(H,12,14)(H,15,16)/t7-/m0/s1. The molecule has 0 aliphatic carbocycles. The van der Waals surface area contributed by atoms with Gasteiger partial charge in [0.1, 0.15) is 18.2 Å². The Labute approximate surface area is 104 Å². The Hall–Kier alpha value is -1.63. The predicted octanol–water partition coefficient (Wildman–Crippen LogP) is -1.03. The summed E-state index contributed by atoms with van der Waals surface area (Å²) < 4.78 is 5.21. The molecule has 7 heteroatoms. The number of ether oxygens (including phenoxy) is 1. The van der Waals surface area contributed by atoms with Crippen LogP contribution in [0.3, 0.4) is 0 Å². The summed E-state index contributed by atoms with van der Waals surface area (Å²) in [5.41, 5.74) is -0.587. The van der Waals surface area contributed by atoms with Crippen LogP contribution in [0, 0.1) is 0 Å². The second kappa shape index (κ2) is 4.56. The number of nitrogens with zero attached hydrogens (tertiary/aromatic N) is 1. The summed E-state index contributed by atoms with van der Waals surface area (Å²) in [5, 5.41) is 11.1. The van der Waals surface area contributed by atoms with Crippen molar-refractivity contribution >= 4 is 17.8 Å². The third-order valence-corrected chi connectivity index (χ3v) is 3.20. The van der Waals surface area contributed by atoms with Gasteiger partial charge in [-0.1, -0.05) is 0 Å². The highest BCUT2D eigenvalue weighted by Gasteiger charge is 2.45. The number of nitrogens with one attached hydrogen (secondary N) is 1. The second-order valence-corrected chi connectivity index (χ2v) is 4.99. The molecule has 0 unspecified atom stereocenters. The Morgan fingerprint density at radius 2 is 2.22 bits per heavy atom. The van der Waals surface area contributed by atoms with E-state index in [-0.39, 0.29) is 18.4 Å². The number of hydrogen-bond acceptors (Lipinski definition) is 4. The van der Waals surface area contributed by atoms with Gasteiger partial charge in [0.15, 0.2) is 0 Å². The lowest BCUT2D eigenvalue weighted by Crippen LogP contribution is -2.65. The highest BCUT2D eigenvalue weighted by atomic mass is 16.5. The molecule has 18 heavy (non-hydrogen) atoms. The SMILES string of the molecule is CC1(OCC(=O)O)CN(C(=O)[C@@H]2CCC(=O)N2)C1. The molecule has 2 aliphatic rings. The first-order valence-corrected chi connectivity index (χ1v) is 5.83. The van der Waals surface area contributed by atoms with Gasteiger partial charge in [-0.05, 0) is 13.3 Å². The first kappa shape index (κ1) is 12.8. The Balaban J connectivity index is 1.79. The predicted molar refractivity (Wildman–Crippen MR) is 59.7 cm³/mol. The normalized spacial score (nSPS) is 25.5. The number of likely N-dealkylation sites (tertiary alicyclic amines) is 1. The van der Waals surface area contributed by atoms with Crippen molar-refractivity contribution in [3.8, 4) is 0 Å². The fourth-order valence-corrected chi connectivity index (χ4v) is 2.26. The van der Waals surface area contributed by atoms with Gasteiger partial charge in [-0.25, -0.2) is 4.79 Å². The van der Waals surface area contributed by atoms with Crippen molar-refractivity contribution in [3.05, 3.63) is 0 Å². The van der Waals surface area contributed by atoms with E-state index in [1.807, 2.05) is 0 Å². The quantitative estimate of drug-likeness (QED) is 0.670. The Bertz CT molecular complexity index is 389. The van der Waals surface area contributed by atoms with Crippen LogP contribution in [0.5, 0.6) is 0 Å². The first-order chi connectivity index (χ1) is 8.39. The van der Waals surface area contributed by atoms with Gasteiger partial charge < -0.3 is 20.1 Å². The van der Waals surface area contributed by atoms with Gasteiger partial charge >= 0.3 is 5.97 Å². The topological polar surface area (TPSA) is 95.9 Å². The van der Waals surface area contributed by atoms with Crippen LogP contribution in [0.25, 0.3) is 0 Å². The van der Waals surface area contributed by atoms with E-state index in [9.17, 15) is 14.4 Å². The number of carbonyl (C=O) groups excluding carboxylic acids is 2. The average molecular weight is 256 g/mol. The molecule has 0 bridgehead atoms. The lowest BCUT2D eigenvalue weighted by atomic mass is 9.95. The van der Waals surface area contributed by atoms with Gasteiger partial charge in [0.25, 0.3) is 0 Å². The van der Waals surface area contributed by atoms with Gasteiger partial charge in [0.2, 0.25) is 11.8 Å². The molecule has 2 aliphatic heterocycles. The number of hydrogen-bond donors (Lipinski definition) is 2. The van der Waals surface area contributed by atoms with Gasteiger partial charge in [0.05, 0.1) is 13.1 Å². The molecule has 0 spiro atoms. The summed E-state index contributed by atoms with van der Waals surface area (Å²) in [4.78, 5) is 34.9. The molecule has 0 radical (unpaired) electrons. The van der Waals surface area contributed by atoms with E-state index in [0.717, 1.165) is 0 Å². The number of carbonyl (C=O) groups is 3. The first-order valence-electron chi connectivity index (χ1n) is 5.83. The molecule has 0 aromatic carbocycles. The minimum atomic E-state index is -1.02. The summed E-state index contributed by atoms with van der Waals surface area (Å²) in [7, 11) is 0. The average Bonchev–Trinajstić information content (AvgIpc) is 2.68. The van der Waals surface area contributed by atoms with E-state index in [0.29, 0.717) is 25.9 Å². The molecular formula is C11H16N2O5. The molecule has 0 aromatic heterocycles. The number of carboxylic acid groups (broad SMARTS) is 1. The van der Waals surface area contributed by atoms with E-state index in [1.54, 1.807) is 11.8 Å². The molecule has 2 fully saturated rings.